The van der Waals surface area contributed by atoms with Gasteiger partial charge in [0.2, 0.25) is 17.7 Å². The van der Waals surface area contributed by atoms with E-state index in [0.717, 1.165) is 56.5 Å². The summed E-state index contributed by atoms with van der Waals surface area (Å²) in [7, 11) is 0. The molecule has 2 unspecified atom stereocenters. The number of nitrogens with zero attached hydrogens (tertiary/aromatic N) is 4. The Labute approximate surface area is 346 Å². The number of carbonyl (C=O) groups is 4. The Hall–Kier alpha value is -5.53. The lowest BCUT2D eigenvalue weighted by molar-refractivity contribution is -0.138. The Morgan fingerprint density at radius 3 is 2.42 bits per heavy atom. The number of nitriles is 1. The highest BCUT2D eigenvalue weighted by Crippen LogP contribution is 2.49. The average molecular weight is 830 g/mol. The number of carbonyl (C=O) groups excluding carboxylic acids is 4. The lowest BCUT2D eigenvalue weighted by atomic mass is 9.75. The molecule has 3 aliphatic heterocycles. The summed E-state index contributed by atoms with van der Waals surface area (Å²) in [5.74, 6) is -0.0135. The zero-order valence-corrected chi connectivity index (χ0v) is 33.7. The quantitative estimate of drug-likeness (QED) is 0.130. The van der Waals surface area contributed by atoms with Crippen molar-refractivity contribution >= 4 is 63.7 Å². The van der Waals surface area contributed by atoms with Gasteiger partial charge in [0, 0.05) is 23.5 Å². The number of amides is 4. The maximum atomic E-state index is 14.0. The van der Waals surface area contributed by atoms with Crippen molar-refractivity contribution in [3.05, 3.63) is 77.4 Å². The minimum atomic E-state index is -4.78. The fourth-order valence-electron chi connectivity index (χ4n) is 8.43. The second-order valence-electron chi connectivity index (χ2n) is 15.6. The Morgan fingerprint density at radius 1 is 1.03 bits per heavy atom. The number of hydrogen-bond donors (Lipinski definition) is 3. The molecule has 7 rings (SSSR count). The summed E-state index contributed by atoms with van der Waals surface area (Å²) in [6, 6.07) is 16.8. The van der Waals surface area contributed by atoms with Gasteiger partial charge in [0.1, 0.15) is 17.3 Å². The highest BCUT2D eigenvalue weighted by molar-refractivity contribution is 7.81. The summed E-state index contributed by atoms with van der Waals surface area (Å²) in [4.78, 5) is 56.0. The smallest absolute Gasteiger partial charge is 0.417 e. The maximum absolute atomic E-state index is 14.0. The predicted molar refractivity (Wildman–Crippen MR) is 220 cm³/mol. The maximum Gasteiger partial charge on any atom is 0.417 e. The van der Waals surface area contributed by atoms with Crippen molar-refractivity contribution in [1.82, 2.24) is 10.2 Å². The van der Waals surface area contributed by atoms with Gasteiger partial charge in [0.05, 0.1) is 35.5 Å². The summed E-state index contributed by atoms with van der Waals surface area (Å²) in [6.45, 7) is 5.92. The third-order valence-corrected chi connectivity index (χ3v) is 12.4. The minimum Gasteiger partial charge on any atom is -0.493 e. The molecule has 0 aromatic heterocycles. The Morgan fingerprint density at radius 2 is 1.76 bits per heavy atom. The second-order valence-corrected chi connectivity index (χ2v) is 16.0. The van der Waals surface area contributed by atoms with E-state index in [1.807, 2.05) is 38.1 Å². The van der Waals surface area contributed by atoms with Crippen molar-refractivity contribution < 1.29 is 37.1 Å². The van der Waals surface area contributed by atoms with Gasteiger partial charge in [-0.25, -0.2) is 0 Å². The van der Waals surface area contributed by atoms with Crippen LogP contribution in [0.4, 0.5) is 35.9 Å². The predicted octanol–water partition coefficient (Wildman–Crippen LogP) is 6.93. The number of alkyl halides is 3. The zero-order valence-electron chi connectivity index (χ0n) is 32.9. The fraction of sp³-hybridized carbons (Fsp3) is 0.442. The second kappa shape index (κ2) is 17.0. The normalized spacial score (nSPS) is 20.2. The highest BCUT2D eigenvalue weighted by atomic mass is 32.1. The Bertz CT molecular complexity index is 2200. The molecule has 0 bridgehead atoms. The minimum absolute atomic E-state index is 0.0248. The lowest BCUT2D eigenvalue weighted by Crippen LogP contribution is -2.55. The van der Waals surface area contributed by atoms with E-state index in [1.165, 1.54) is 11.0 Å². The highest BCUT2D eigenvalue weighted by Gasteiger charge is 2.59. The number of imide groups is 1. The molecule has 4 amide bonds. The zero-order chi connectivity index (χ0) is 42.1. The van der Waals surface area contributed by atoms with Gasteiger partial charge in [0.25, 0.3) is 5.91 Å². The molecule has 1 aliphatic carbocycles. The molecule has 310 valence electrons. The number of hydrogen-bond acceptors (Lipinski definition) is 9. The third-order valence-electron chi connectivity index (χ3n) is 12.0. The van der Waals surface area contributed by atoms with Crippen molar-refractivity contribution in [2.24, 2.45) is 5.92 Å². The van der Waals surface area contributed by atoms with Crippen LogP contribution in [0.3, 0.4) is 0 Å². The van der Waals surface area contributed by atoms with Crippen molar-refractivity contribution in [3.8, 4) is 11.8 Å². The van der Waals surface area contributed by atoms with Gasteiger partial charge in [-0.2, -0.15) is 18.4 Å². The first-order valence-corrected chi connectivity index (χ1v) is 20.4. The lowest BCUT2D eigenvalue weighted by Gasteiger charge is -2.43. The number of piperidine rings is 2. The summed E-state index contributed by atoms with van der Waals surface area (Å²) in [5, 5.41) is 17.9. The number of likely N-dealkylation sites (tertiary alicyclic amines) is 1. The standard InChI is InChI=1S/C43H46F3N7O5S/c1-3-28-22-33(53-41(59)52(40(57)42(53)17-5-18-42)32-9-8-29(25-47)34(24-32)43(44,45)46)10-12-36(28)58-21-16-27-14-19-51(20-15-27)26(2)38(55)49-31-7-4-6-30(23-31)48-35-11-13-37(54)50-39(35)56/h4,6-10,12,22-24,26-27,35,48H,3,5,11,13-21H2,1-2H3,(H,49,55)(H,50,54,56). The van der Waals surface area contributed by atoms with Gasteiger partial charge in [-0.05, 0) is 150 Å². The number of aryl methyl sites for hydroxylation is 1. The van der Waals surface area contributed by atoms with Crippen molar-refractivity contribution in [2.45, 2.75) is 95.4 Å². The van der Waals surface area contributed by atoms with Crippen LogP contribution in [-0.4, -0.2) is 71.0 Å². The van der Waals surface area contributed by atoms with Gasteiger partial charge < -0.3 is 20.3 Å². The van der Waals surface area contributed by atoms with Crippen molar-refractivity contribution in [1.29, 1.82) is 5.26 Å². The summed E-state index contributed by atoms with van der Waals surface area (Å²) >= 11 is 5.81. The van der Waals surface area contributed by atoms with E-state index < -0.39 is 28.9 Å². The van der Waals surface area contributed by atoms with Crippen LogP contribution in [0.15, 0.2) is 60.7 Å². The van der Waals surface area contributed by atoms with Crippen LogP contribution < -0.4 is 30.5 Å². The average Bonchev–Trinajstić information content (AvgIpc) is 3.44. The number of benzene rings is 3. The molecule has 12 nitrogen and oxygen atoms in total. The molecule has 3 aromatic carbocycles. The molecule has 3 aromatic rings. The first kappa shape index (κ1) is 41.6. The van der Waals surface area contributed by atoms with E-state index >= 15 is 0 Å². The first-order valence-electron chi connectivity index (χ1n) is 20.0. The van der Waals surface area contributed by atoms with Crippen LogP contribution in [0.2, 0.25) is 0 Å². The van der Waals surface area contributed by atoms with Gasteiger partial charge >= 0.3 is 6.18 Å². The molecular formula is C43H46F3N7O5S. The molecule has 4 aliphatic rings. The SMILES string of the molecule is CCc1cc(N2C(=S)N(c3ccc(C#N)c(C(F)(F)F)c3)C(=O)C23CCC3)ccc1OCCC1CCN(C(C)C(=O)Nc2cccc(NC3CCC(=O)NC3=O)c2)CC1. The fourth-order valence-corrected chi connectivity index (χ4v) is 8.90. The molecule has 16 heteroatoms. The van der Waals surface area contributed by atoms with E-state index in [9.17, 15) is 37.6 Å². The van der Waals surface area contributed by atoms with E-state index in [2.05, 4.69) is 20.9 Å². The molecule has 4 fully saturated rings. The number of halogens is 3. The van der Waals surface area contributed by atoms with Crippen LogP contribution in [0.25, 0.3) is 0 Å². The Balaban J connectivity index is 0.923. The molecule has 2 atom stereocenters. The van der Waals surface area contributed by atoms with Gasteiger partial charge in [-0.15, -0.1) is 0 Å². The van der Waals surface area contributed by atoms with Crippen molar-refractivity contribution in [3.63, 3.8) is 0 Å². The van der Waals surface area contributed by atoms with Gasteiger partial charge in [0.15, 0.2) is 5.11 Å². The van der Waals surface area contributed by atoms with E-state index in [-0.39, 0.29) is 46.9 Å². The van der Waals surface area contributed by atoms with Crippen LogP contribution in [0.5, 0.6) is 5.75 Å². The van der Waals surface area contributed by atoms with Crippen molar-refractivity contribution in [2.75, 3.05) is 40.1 Å². The molecule has 3 N–H and O–H groups in total. The molecule has 3 saturated heterocycles. The molecule has 1 saturated carbocycles. The number of ether oxygens (including phenoxy) is 1. The molecule has 1 spiro atoms. The number of thiocarbonyl (C=S) groups is 1. The van der Waals surface area contributed by atoms with Gasteiger partial charge in [-0.1, -0.05) is 13.0 Å². The number of anilines is 4. The summed E-state index contributed by atoms with van der Waals surface area (Å²) < 4.78 is 47.9. The molecule has 0 radical (unpaired) electrons. The monoisotopic (exact) mass is 829 g/mol. The van der Waals surface area contributed by atoms with Crippen LogP contribution in [-0.2, 0) is 31.8 Å². The first-order chi connectivity index (χ1) is 28.2. The third kappa shape index (κ3) is 8.49. The Kier molecular flexibility index (Phi) is 12.0. The number of nitrogens with one attached hydrogen (secondary N) is 3. The molecular weight excluding hydrogens is 784 g/mol. The van der Waals surface area contributed by atoms with Crippen LogP contribution in [0.1, 0.15) is 81.9 Å². The molecule has 3 heterocycles. The van der Waals surface area contributed by atoms with E-state index in [0.29, 0.717) is 61.0 Å². The van der Waals surface area contributed by atoms with E-state index in [1.54, 1.807) is 29.2 Å². The summed E-state index contributed by atoms with van der Waals surface area (Å²) in [5.41, 5.74) is 0.199. The van der Waals surface area contributed by atoms with Crippen LogP contribution >= 0.6 is 12.2 Å². The topological polar surface area (TPSA) is 147 Å². The van der Waals surface area contributed by atoms with E-state index in [4.69, 9.17) is 17.0 Å². The number of rotatable bonds is 12. The summed E-state index contributed by atoms with van der Waals surface area (Å²) in [6.07, 6.45) is 0.967. The largest absolute Gasteiger partial charge is 0.493 e. The van der Waals surface area contributed by atoms with Crippen LogP contribution in [0, 0.1) is 17.2 Å². The molecule has 59 heavy (non-hydrogen) atoms. The van der Waals surface area contributed by atoms with Gasteiger partial charge in [-0.3, -0.25) is 34.3 Å².